The number of para-hydroxylation sites is 1. The van der Waals surface area contributed by atoms with Gasteiger partial charge in [0.25, 0.3) is 5.91 Å². The van der Waals surface area contributed by atoms with Gasteiger partial charge >= 0.3 is 18.2 Å². The van der Waals surface area contributed by atoms with Crippen LogP contribution >= 0.6 is 58.0 Å². The van der Waals surface area contributed by atoms with Crippen LogP contribution in [0.15, 0.2) is 60.4 Å². The van der Waals surface area contributed by atoms with Gasteiger partial charge in [-0.25, -0.2) is 13.8 Å². The Kier molecular flexibility index (Phi) is 23.3. The van der Waals surface area contributed by atoms with Gasteiger partial charge in [0.2, 0.25) is 5.91 Å². The second kappa shape index (κ2) is 25.8. The third kappa shape index (κ3) is 15.0. The Morgan fingerprint density at radius 2 is 1.65 bits per heavy atom. The van der Waals surface area contributed by atoms with Crippen LogP contribution in [-0.2, 0) is 36.7 Å². The zero-order valence-electron chi connectivity index (χ0n) is 32.4. The second-order valence-electron chi connectivity index (χ2n) is 12.0. The molecule has 11 nitrogen and oxygen atoms in total. The zero-order valence-corrected chi connectivity index (χ0v) is 36.2. The number of carbonyl (C=O) groups is 3. The Morgan fingerprint density at radius 3 is 2.12 bits per heavy atom. The van der Waals surface area contributed by atoms with E-state index in [4.69, 9.17) is 67.5 Å². The summed E-state index contributed by atoms with van der Waals surface area (Å²) in [5.41, 5.74) is 1.84. The summed E-state index contributed by atoms with van der Waals surface area (Å²) in [6, 6.07) is 8.07. The van der Waals surface area contributed by atoms with E-state index in [1.165, 1.54) is 11.8 Å². The molecule has 3 rings (SSSR count). The number of aryl methyl sites for hydroxylation is 3. The lowest BCUT2D eigenvalue weighted by Gasteiger charge is -2.31. The van der Waals surface area contributed by atoms with Gasteiger partial charge in [0.15, 0.2) is 10.7 Å². The van der Waals surface area contributed by atoms with Crippen LogP contribution in [0.1, 0.15) is 49.8 Å². The predicted octanol–water partition coefficient (Wildman–Crippen LogP) is 8.40. The number of rotatable bonds is 17. The van der Waals surface area contributed by atoms with E-state index in [9.17, 15) is 32.3 Å². The Labute approximate surface area is 355 Å². The molecule has 1 heterocycles. The van der Waals surface area contributed by atoms with Crippen LogP contribution in [0, 0.1) is 19.7 Å². The highest BCUT2D eigenvalue weighted by Gasteiger charge is 2.26. The van der Waals surface area contributed by atoms with Gasteiger partial charge in [-0.1, -0.05) is 72.1 Å². The maximum Gasteiger partial charge on any atom is 0.355 e. The maximum absolute atomic E-state index is 14.2. The number of benzene rings is 2. The number of alkyl halides is 6. The lowest BCUT2D eigenvalue weighted by Crippen LogP contribution is -2.43. The molecule has 2 unspecified atom stereocenters. The van der Waals surface area contributed by atoms with E-state index < -0.39 is 34.2 Å². The fraction of sp³-hybridized carbons (Fsp3) is 0.447. The molecule has 316 valence electrons. The van der Waals surface area contributed by atoms with E-state index >= 15 is 0 Å². The minimum atomic E-state index is -3.12. The molecule has 0 radical (unpaired) electrons. The van der Waals surface area contributed by atoms with E-state index in [0.717, 1.165) is 35.4 Å². The van der Waals surface area contributed by atoms with Crippen molar-refractivity contribution in [2.45, 2.75) is 70.3 Å². The van der Waals surface area contributed by atoms with Crippen molar-refractivity contribution in [2.75, 3.05) is 44.2 Å². The number of methoxy groups -OCH3 is 1. The summed E-state index contributed by atoms with van der Waals surface area (Å²) in [5, 5.41) is 2.52. The van der Waals surface area contributed by atoms with Crippen LogP contribution < -0.4 is 10.6 Å². The van der Waals surface area contributed by atoms with Crippen molar-refractivity contribution < 1.29 is 37.0 Å². The van der Waals surface area contributed by atoms with Gasteiger partial charge < -0.3 is 19.3 Å². The Hall–Kier alpha value is -3.53. The van der Waals surface area contributed by atoms with E-state index in [0.29, 0.717) is 24.4 Å². The quantitative estimate of drug-likeness (QED) is 0.0760. The molecule has 0 bridgehead atoms. The fourth-order valence-electron chi connectivity index (χ4n) is 5.29. The van der Waals surface area contributed by atoms with Crippen LogP contribution in [-0.4, -0.2) is 92.6 Å². The molecule has 19 heteroatoms. The van der Waals surface area contributed by atoms with Gasteiger partial charge in [0, 0.05) is 31.6 Å². The number of aromatic nitrogens is 3. The zero-order chi connectivity index (χ0) is 43.6. The molecule has 2 aromatic carbocycles. The first-order valence-electron chi connectivity index (χ1n) is 17.4. The average Bonchev–Trinajstić information content (AvgIpc) is 3.46. The van der Waals surface area contributed by atoms with Crippen molar-refractivity contribution in [3.8, 4) is 5.69 Å². The smallest absolute Gasteiger partial charge is 0.355 e. The van der Waals surface area contributed by atoms with Crippen LogP contribution in [0.5, 0.6) is 0 Å². The molecule has 3 aromatic rings. The van der Waals surface area contributed by atoms with Crippen molar-refractivity contribution >= 4 is 81.5 Å². The topological polar surface area (TPSA) is 116 Å². The van der Waals surface area contributed by atoms with Crippen LogP contribution in [0.25, 0.3) is 5.69 Å². The number of nitrogens with zero attached hydrogens (tertiary/aromatic N) is 5. The van der Waals surface area contributed by atoms with Gasteiger partial charge in [-0.3, -0.25) is 14.4 Å². The van der Waals surface area contributed by atoms with Crippen LogP contribution in [0.3, 0.4) is 0 Å². The first kappa shape index (κ1) is 51.5. The summed E-state index contributed by atoms with van der Waals surface area (Å²) in [7, 11) is 1.64. The average molecular weight is 904 g/mol. The lowest BCUT2D eigenvalue weighted by atomic mass is 10.0. The van der Waals surface area contributed by atoms with Crippen LogP contribution in [0.4, 0.5) is 18.9 Å². The van der Waals surface area contributed by atoms with Gasteiger partial charge in [0.1, 0.15) is 22.8 Å². The number of hydrogen-bond acceptors (Lipinski definition) is 7. The number of anilines is 1. The molecule has 0 spiro atoms. The lowest BCUT2D eigenvalue weighted by molar-refractivity contribution is -0.142. The molecule has 57 heavy (non-hydrogen) atoms. The number of ether oxygens (including phenoxy) is 2. The second-order valence-corrected chi connectivity index (χ2v) is 14.3. The number of esters is 1. The summed E-state index contributed by atoms with van der Waals surface area (Å²) in [4.78, 5) is 49.3. The molecular weight excluding hydrogens is 857 g/mol. The first-order valence-corrected chi connectivity index (χ1v) is 19.6. The predicted molar refractivity (Wildman–Crippen MR) is 221 cm³/mol. The third-order valence-corrected chi connectivity index (χ3v) is 9.12. The van der Waals surface area contributed by atoms with Gasteiger partial charge in [-0.05, 0) is 62.9 Å². The SMILES string of the molecule is C=CCN(CC=C)C(=O)C(Cl)Cl.CCOC(=O)C(Cl)Cc1cc(-n2nc(C)n(C(F)F)c2=O)c(F)cc1Cl.CCc1cccc(C)c1N(C(=O)CCl)C(C)COC. The molecule has 2 atom stereocenters. The third-order valence-electron chi connectivity index (χ3n) is 7.83. The fourth-order valence-corrected chi connectivity index (χ4v) is 6.15. The Bertz CT molecular complexity index is 1870. The van der Waals surface area contributed by atoms with Crippen molar-refractivity contribution in [2.24, 2.45) is 0 Å². The summed E-state index contributed by atoms with van der Waals surface area (Å²) >= 11 is 28.5. The number of amides is 2. The molecule has 0 aliphatic heterocycles. The molecular formula is C38H47Cl5F3N5O6. The normalized spacial score (nSPS) is 11.8. The molecule has 0 fully saturated rings. The molecule has 2 amide bonds. The highest BCUT2D eigenvalue weighted by atomic mass is 35.5. The standard InChI is InChI=1S/C15H14Cl2F3N3O3.C15H22ClNO2.C8H11Cl2NO/c1-3-26-13(24)10(17)4-8-5-12(11(18)6-9(8)16)23-15(25)22(14(19)20)7(2)21-23;1-5-13-8-6-7-11(2)15(13)17(14(18)9-16)12(3)10-19-4;1-3-5-11(6-4-2)8(12)7(9)10/h5-6,10,14H,3-4H2,1-2H3;6-8,12H,5,9-10H2,1-4H3;3-4,7H,1-2,5-6H2. The molecule has 0 N–H and O–H groups in total. The Balaban J connectivity index is 0.000000460. The minimum Gasteiger partial charge on any atom is -0.465 e. The Morgan fingerprint density at radius 1 is 1.04 bits per heavy atom. The summed E-state index contributed by atoms with van der Waals surface area (Å²) < 4.78 is 50.7. The molecule has 0 aliphatic carbocycles. The summed E-state index contributed by atoms with van der Waals surface area (Å²) in [6.07, 6.45) is 3.98. The van der Waals surface area contributed by atoms with E-state index in [1.54, 1.807) is 31.1 Å². The number of carbonyl (C=O) groups excluding carboxylic acids is 3. The number of hydrogen-bond donors (Lipinski definition) is 0. The molecule has 0 saturated heterocycles. The van der Waals surface area contributed by atoms with Crippen molar-refractivity contribution in [3.63, 3.8) is 0 Å². The van der Waals surface area contributed by atoms with Crippen molar-refractivity contribution in [1.29, 1.82) is 0 Å². The number of halogens is 8. The van der Waals surface area contributed by atoms with Crippen molar-refractivity contribution in [1.82, 2.24) is 19.2 Å². The summed E-state index contributed by atoms with van der Waals surface area (Å²) in [6.45, 7) is 14.2. The van der Waals surface area contributed by atoms with E-state index in [-0.39, 0.29) is 63.4 Å². The summed E-state index contributed by atoms with van der Waals surface area (Å²) in [5.74, 6) is -2.35. The monoisotopic (exact) mass is 901 g/mol. The van der Waals surface area contributed by atoms with Crippen LogP contribution in [0.2, 0.25) is 5.02 Å². The first-order chi connectivity index (χ1) is 26.9. The van der Waals surface area contributed by atoms with Gasteiger partial charge in [0.05, 0.1) is 24.9 Å². The van der Waals surface area contributed by atoms with Crippen molar-refractivity contribution in [3.05, 3.63) is 99.5 Å². The minimum absolute atomic E-state index is 0.0223. The van der Waals surface area contributed by atoms with Gasteiger partial charge in [-0.15, -0.1) is 41.5 Å². The highest BCUT2D eigenvalue weighted by Crippen LogP contribution is 2.29. The maximum atomic E-state index is 14.2. The van der Waals surface area contributed by atoms with Gasteiger partial charge in [-0.2, -0.15) is 13.5 Å². The largest absolute Gasteiger partial charge is 0.465 e. The van der Waals surface area contributed by atoms with E-state index in [1.807, 2.05) is 26.0 Å². The molecule has 1 aromatic heterocycles. The molecule has 0 aliphatic rings. The highest BCUT2D eigenvalue weighted by molar-refractivity contribution is 6.53. The van der Waals surface area contributed by atoms with E-state index in [2.05, 4.69) is 31.2 Å². The molecule has 0 saturated carbocycles.